The molecule has 1 N–H and O–H groups in total. The molecule has 2 nitrogen and oxygen atoms in total. The third kappa shape index (κ3) is 2.27. The van der Waals surface area contributed by atoms with Crippen LogP contribution < -0.4 is 0 Å². The third-order valence-corrected chi connectivity index (χ3v) is 0.224. The average Bonchev–Trinajstić information content (AvgIpc) is 1.37. The summed E-state index contributed by atoms with van der Waals surface area (Å²) in [5.74, 6) is 0. The minimum absolute atomic E-state index is 0.912. The summed E-state index contributed by atoms with van der Waals surface area (Å²) in [5, 5.41) is 7.34. The fraction of sp³-hybridized carbons (Fsp3) is 1.00. The Labute approximate surface area is 28.9 Å². The van der Waals surface area contributed by atoms with Gasteiger partial charge in [-0.1, -0.05) is 0 Å². The molecule has 0 fully saturated rings. The summed E-state index contributed by atoms with van der Waals surface area (Å²) in [6.45, 7) is 0. The molecular formula is CH4O2S. The second-order valence-corrected chi connectivity index (χ2v) is 0.724. The van der Waals surface area contributed by atoms with Gasteiger partial charge in [0.1, 0.15) is 0 Å². The second kappa shape index (κ2) is 3.27. The van der Waals surface area contributed by atoms with Crippen molar-refractivity contribution >= 4 is 12.0 Å². The van der Waals surface area contributed by atoms with Crippen molar-refractivity contribution in [2.24, 2.45) is 0 Å². The van der Waals surface area contributed by atoms with Crippen LogP contribution in [0, 0.1) is 0 Å². The number of hydrogen-bond donors (Lipinski definition) is 1. The molecule has 0 atom stereocenters. The number of hydrogen-bond acceptors (Lipinski definition) is 3. The summed E-state index contributed by atoms with van der Waals surface area (Å²) < 4.78 is 3.46. The highest BCUT2D eigenvalue weighted by Crippen LogP contribution is 1.84. The Morgan fingerprint density at radius 2 is 2.25 bits per heavy atom. The van der Waals surface area contributed by atoms with Crippen molar-refractivity contribution in [1.82, 2.24) is 0 Å². The van der Waals surface area contributed by atoms with E-state index in [1.807, 2.05) is 0 Å². The second-order valence-electron chi connectivity index (χ2n) is 0.241. The minimum Gasteiger partial charge on any atom is -0.239 e. The molecule has 0 unspecified atom stereocenters. The lowest BCUT2D eigenvalue weighted by Crippen LogP contribution is -1.55. The first-order chi connectivity index (χ1) is 1.91. The van der Waals surface area contributed by atoms with E-state index in [2.05, 4.69) is 4.33 Å². The molecule has 0 aliphatic carbocycles. The average molecular weight is 80.1 g/mol. The van der Waals surface area contributed by atoms with Gasteiger partial charge in [0.15, 0.2) is 0 Å². The van der Waals surface area contributed by atoms with Crippen LogP contribution in [0.15, 0.2) is 0 Å². The standard InChI is InChI=1S/CH4O2S/c1-4-3-2/h2H,1H3. The van der Waals surface area contributed by atoms with Crippen molar-refractivity contribution in [2.45, 2.75) is 0 Å². The van der Waals surface area contributed by atoms with E-state index in [9.17, 15) is 0 Å². The zero-order valence-electron chi connectivity index (χ0n) is 2.26. The SMILES string of the molecule is CSOO. The summed E-state index contributed by atoms with van der Waals surface area (Å²) in [6, 6.07) is 0. The smallest absolute Gasteiger partial charge is 0.0277 e. The highest BCUT2D eigenvalue weighted by Gasteiger charge is 1.55. The zero-order valence-corrected chi connectivity index (χ0v) is 3.08. The van der Waals surface area contributed by atoms with Crippen LogP contribution in [0.3, 0.4) is 0 Å². The number of rotatable bonds is 1. The van der Waals surface area contributed by atoms with Gasteiger partial charge in [-0.05, 0) is 0 Å². The van der Waals surface area contributed by atoms with E-state index in [-0.39, 0.29) is 0 Å². The molecule has 0 saturated heterocycles. The predicted molar refractivity (Wildman–Crippen MR) is 17.2 cm³/mol. The molecule has 0 aromatic rings. The maximum atomic E-state index is 7.34. The molecule has 0 rings (SSSR count). The quantitative estimate of drug-likeness (QED) is 0.286. The largest absolute Gasteiger partial charge is 0.239 e. The van der Waals surface area contributed by atoms with Crippen LogP contribution in [0.25, 0.3) is 0 Å². The maximum Gasteiger partial charge on any atom is 0.0277 e. The fourth-order valence-corrected chi connectivity index (χ4v) is 0. The van der Waals surface area contributed by atoms with Gasteiger partial charge < -0.3 is 0 Å². The lowest BCUT2D eigenvalue weighted by atomic mass is 12.0. The van der Waals surface area contributed by atoms with Gasteiger partial charge in [0, 0.05) is 18.3 Å². The van der Waals surface area contributed by atoms with Crippen LogP contribution in [0.1, 0.15) is 0 Å². The minimum atomic E-state index is 0.912. The van der Waals surface area contributed by atoms with E-state index in [0.717, 1.165) is 12.0 Å². The van der Waals surface area contributed by atoms with Crippen molar-refractivity contribution in [3.05, 3.63) is 0 Å². The van der Waals surface area contributed by atoms with Gasteiger partial charge in [0.05, 0.1) is 0 Å². The molecule has 0 aromatic carbocycles. The van der Waals surface area contributed by atoms with Crippen LogP contribution in [-0.2, 0) is 4.33 Å². The normalized spacial score (nSPS) is 7.50. The first-order valence-corrected chi connectivity index (χ1v) is 1.91. The van der Waals surface area contributed by atoms with Crippen LogP contribution >= 0.6 is 12.0 Å². The first kappa shape index (κ1) is 4.27. The summed E-state index contributed by atoms with van der Waals surface area (Å²) in [4.78, 5) is 0. The van der Waals surface area contributed by atoms with E-state index in [4.69, 9.17) is 5.26 Å². The molecule has 26 valence electrons. The fourth-order valence-electron chi connectivity index (χ4n) is 0. The Balaban J connectivity index is 1.97. The van der Waals surface area contributed by atoms with Crippen LogP contribution in [0.4, 0.5) is 0 Å². The monoisotopic (exact) mass is 80.0 g/mol. The highest BCUT2D eigenvalue weighted by atomic mass is 32.2. The molecule has 0 radical (unpaired) electrons. The van der Waals surface area contributed by atoms with Gasteiger partial charge >= 0.3 is 0 Å². The maximum absolute atomic E-state index is 7.34. The predicted octanol–water partition coefficient (Wildman–Crippen LogP) is 0.754. The first-order valence-electron chi connectivity index (χ1n) is 0.757. The summed E-state index contributed by atoms with van der Waals surface area (Å²) in [5.41, 5.74) is 0. The Kier molecular flexibility index (Phi) is 3.49. The molecule has 0 amide bonds. The Hall–Kier alpha value is 0.270. The summed E-state index contributed by atoms with van der Waals surface area (Å²) >= 11 is 0.912. The van der Waals surface area contributed by atoms with Crippen molar-refractivity contribution in [3.63, 3.8) is 0 Å². The highest BCUT2D eigenvalue weighted by molar-refractivity contribution is 7.93. The topological polar surface area (TPSA) is 29.5 Å². The van der Waals surface area contributed by atoms with Crippen molar-refractivity contribution in [3.8, 4) is 0 Å². The molecule has 0 bridgehead atoms. The van der Waals surface area contributed by atoms with Gasteiger partial charge in [0.2, 0.25) is 0 Å². The Bertz CT molecular complexity index is 8.00. The van der Waals surface area contributed by atoms with Crippen molar-refractivity contribution in [2.75, 3.05) is 6.26 Å². The van der Waals surface area contributed by atoms with Gasteiger partial charge in [-0.2, -0.15) is 4.33 Å². The van der Waals surface area contributed by atoms with E-state index in [0.29, 0.717) is 0 Å². The Morgan fingerprint density at radius 1 is 2.00 bits per heavy atom. The lowest BCUT2D eigenvalue weighted by Gasteiger charge is -1.71. The van der Waals surface area contributed by atoms with E-state index in [1.54, 1.807) is 6.26 Å². The van der Waals surface area contributed by atoms with Gasteiger partial charge in [-0.25, -0.2) is 5.26 Å². The lowest BCUT2D eigenvalue weighted by molar-refractivity contribution is -0.115. The summed E-state index contributed by atoms with van der Waals surface area (Å²) in [7, 11) is 0. The van der Waals surface area contributed by atoms with Gasteiger partial charge in [0.25, 0.3) is 0 Å². The van der Waals surface area contributed by atoms with Gasteiger partial charge in [-0.3, -0.25) is 0 Å². The Morgan fingerprint density at radius 3 is 2.25 bits per heavy atom. The third-order valence-electron chi connectivity index (χ3n) is 0.0745. The zero-order chi connectivity index (χ0) is 3.41. The van der Waals surface area contributed by atoms with E-state index >= 15 is 0 Å². The van der Waals surface area contributed by atoms with Crippen LogP contribution in [0.5, 0.6) is 0 Å². The molecule has 0 aliphatic rings. The van der Waals surface area contributed by atoms with Crippen LogP contribution in [0.2, 0.25) is 0 Å². The molecule has 0 aromatic heterocycles. The molecule has 4 heavy (non-hydrogen) atoms. The molecular weight excluding hydrogens is 76.1 g/mol. The van der Waals surface area contributed by atoms with E-state index < -0.39 is 0 Å². The summed E-state index contributed by atoms with van der Waals surface area (Å²) in [6.07, 6.45) is 1.62. The molecule has 3 heteroatoms. The molecule has 0 saturated carbocycles. The van der Waals surface area contributed by atoms with E-state index in [1.165, 1.54) is 0 Å². The molecule has 0 spiro atoms. The van der Waals surface area contributed by atoms with Crippen molar-refractivity contribution < 1.29 is 9.59 Å². The van der Waals surface area contributed by atoms with Crippen LogP contribution in [-0.4, -0.2) is 11.5 Å². The van der Waals surface area contributed by atoms with Gasteiger partial charge in [-0.15, -0.1) is 0 Å². The molecule has 0 heterocycles. The molecule has 0 aliphatic heterocycles. The van der Waals surface area contributed by atoms with Crippen molar-refractivity contribution in [1.29, 1.82) is 0 Å².